The van der Waals surface area contributed by atoms with Gasteiger partial charge >= 0.3 is 0 Å². The fraction of sp³-hybridized carbons (Fsp3) is 0.618. The lowest BCUT2D eigenvalue weighted by Crippen LogP contribution is -2.25. The second kappa shape index (κ2) is 15.8. The Hall–Kier alpha value is -2.27. The smallest absolute Gasteiger partial charge is 0.119 e. The average molecular weight is 488 g/mol. The molecule has 0 aromatic heterocycles. The van der Waals surface area contributed by atoms with Gasteiger partial charge in [-0.3, -0.25) is 0 Å². The van der Waals surface area contributed by atoms with Crippen LogP contribution in [-0.4, -0.2) is 6.61 Å². The molecule has 0 bridgehead atoms. The first kappa shape index (κ1) is 28.3. The van der Waals surface area contributed by atoms with Crippen LogP contribution in [0.25, 0.3) is 11.1 Å². The van der Waals surface area contributed by atoms with Crippen LogP contribution in [0.1, 0.15) is 128 Å². The highest BCUT2D eigenvalue weighted by Crippen LogP contribution is 2.46. The third kappa shape index (κ3) is 8.99. The average Bonchev–Trinajstić information content (AvgIpc) is 2.93. The molecule has 0 spiro atoms. The molecular weight excluding hydrogens is 438 g/mol. The molecule has 2 nitrogen and oxygen atoms in total. The second-order valence-electron chi connectivity index (χ2n) is 11.1. The van der Waals surface area contributed by atoms with E-state index in [4.69, 9.17) is 4.74 Å². The van der Waals surface area contributed by atoms with Gasteiger partial charge in [-0.1, -0.05) is 114 Å². The van der Waals surface area contributed by atoms with Gasteiger partial charge in [-0.25, -0.2) is 0 Å². The molecule has 0 saturated heterocycles. The third-order valence-electron chi connectivity index (χ3n) is 8.28. The van der Waals surface area contributed by atoms with E-state index in [2.05, 4.69) is 68.4 Å². The predicted octanol–water partition coefficient (Wildman–Crippen LogP) is 10.6. The van der Waals surface area contributed by atoms with E-state index in [1.54, 1.807) is 0 Å². The first-order chi connectivity index (χ1) is 17.7. The quantitative estimate of drug-likeness (QED) is 0.221. The Kier molecular flexibility index (Phi) is 12.4. The molecule has 2 heteroatoms. The van der Waals surface area contributed by atoms with E-state index in [-0.39, 0.29) is 5.41 Å². The largest absolute Gasteiger partial charge is 0.494 e. The van der Waals surface area contributed by atoms with Crippen molar-refractivity contribution >= 4 is 0 Å². The molecule has 0 unspecified atom stereocenters. The summed E-state index contributed by atoms with van der Waals surface area (Å²) in [4.78, 5) is 0. The van der Waals surface area contributed by atoms with Crippen molar-refractivity contribution in [3.63, 3.8) is 0 Å². The van der Waals surface area contributed by atoms with Gasteiger partial charge in [0.25, 0.3) is 0 Å². The van der Waals surface area contributed by atoms with E-state index in [0.29, 0.717) is 5.92 Å². The molecule has 1 fully saturated rings. The lowest BCUT2D eigenvalue weighted by Gasteiger charge is -2.35. The van der Waals surface area contributed by atoms with Gasteiger partial charge in [-0.2, -0.15) is 5.26 Å². The van der Waals surface area contributed by atoms with E-state index in [1.165, 1.54) is 80.9 Å². The molecule has 0 atom stereocenters. The van der Waals surface area contributed by atoms with Gasteiger partial charge in [-0.15, -0.1) is 0 Å². The monoisotopic (exact) mass is 487 g/mol. The van der Waals surface area contributed by atoms with Crippen LogP contribution in [0.2, 0.25) is 0 Å². The topological polar surface area (TPSA) is 33.0 Å². The van der Waals surface area contributed by atoms with Crippen LogP contribution in [0.4, 0.5) is 0 Å². The van der Waals surface area contributed by atoms with E-state index < -0.39 is 0 Å². The Bertz CT molecular complexity index is 884. The highest BCUT2D eigenvalue weighted by molar-refractivity contribution is 5.64. The fourth-order valence-corrected chi connectivity index (χ4v) is 5.75. The molecule has 1 saturated carbocycles. The molecule has 36 heavy (non-hydrogen) atoms. The minimum Gasteiger partial charge on any atom is -0.494 e. The van der Waals surface area contributed by atoms with Gasteiger partial charge in [0.2, 0.25) is 0 Å². The second-order valence-corrected chi connectivity index (χ2v) is 11.1. The van der Waals surface area contributed by atoms with Gasteiger partial charge < -0.3 is 4.74 Å². The van der Waals surface area contributed by atoms with Gasteiger partial charge in [0.05, 0.1) is 18.1 Å². The fourth-order valence-electron chi connectivity index (χ4n) is 5.75. The number of hydrogen-bond acceptors (Lipinski definition) is 2. The minimum absolute atomic E-state index is 0.0689. The molecule has 0 aliphatic heterocycles. The zero-order valence-electron chi connectivity index (χ0n) is 23.1. The van der Waals surface area contributed by atoms with Crippen molar-refractivity contribution in [2.75, 3.05) is 6.61 Å². The van der Waals surface area contributed by atoms with E-state index in [9.17, 15) is 5.26 Å². The van der Waals surface area contributed by atoms with Crippen LogP contribution >= 0.6 is 0 Å². The molecule has 2 aromatic rings. The summed E-state index contributed by atoms with van der Waals surface area (Å²) in [5, 5.41) is 9.95. The maximum atomic E-state index is 9.95. The molecule has 0 amide bonds. The van der Waals surface area contributed by atoms with Crippen molar-refractivity contribution in [3.8, 4) is 22.9 Å². The number of unbranched alkanes of at least 4 members (excludes halogenated alkanes) is 9. The van der Waals surface area contributed by atoms with Crippen LogP contribution in [0.3, 0.4) is 0 Å². The lowest BCUT2D eigenvalue weighted by molar-refractivity contribution is 0.223. The summed E-state index contributed by atoms with van der Waals surface area (Å²) < 4.78 is 5.92. The molecule has 1 aliphatic rings. The lowest BCUT2D eigenvalue weighted by atomic mass is 9.67. The SMILES string of the molecule is CCCCCCCCC1(C#N)CCC(c2ccc(-c3ccc(OCCCCCCC)cc3)cc2)CC1. The molecule has 0 radical (unpaired) electrons. The van der Waals surface area contributed by atoms with Crippen molar-refractivity contribution in [1.29, 1.82) is 5.26 Å². The summed E-state index contributed by atoms with van der Waals surface area (Å²) in [7, 11) is 0. The van der Waals surface area contributed by atoms with Crippen LogP contribution in [0.5, 0.6) is 5.75 Å². The molecule has 1 aliphatic carbocycles. The molecule has 2 aromatic carbocycles. The number of benzene rings is 2. The molecular formula is C34H49NO. The zero-order valence-corrected chi connectivity index (χ0v) is 23.1. The third-order valence-corrected chi connectivity index (χ3v) is 8.28. The summed E-state index contributed by atoms with van der Waals surface area (Å²) in [6.07, 6.45) is 19.7. The summed E-state index contributed by atoms with van der Waals surface area (Å²) in [5.74, 6) is 1.56. The summed E-state index contributed by atoms with van der Waals surface area (Å²) >= 11 is 0. The highest BCUT2D eigenvalue weighted by atomic mass is 16.5. The first-order valence-electron chi connectivity index (χ1n) is 14.9. The van der Waals surface area contributed by atoms with E-state index in [1.807, 2.05) is 0 Å². The summed E-state index contributed by atoms with van der Waals surface area (Å²) in [6, 6.07) is 20.4. The van der Waals surface area contributed by atoms with E-state index in [0.717, 1.165) is 50.9 Å². The van der Waals surface area contributed by atoms with Crippen molar-refractivity contribution in [2.24, 2.45) is 5.41 Å². The van der Waals surface area contributed by atoms with Crippen molar-refractivity contribution in [1.82, 2.24) is 0 Å². The maximum absolute atomic E-state index is 9.95. The van der Waals surface area contributed by atoms with Crippen LogP contribution in [-0.2, 0) is 0 Å². The normalized spacial score (nSPS) is 19.6. The van der Waals surface area contributed by atoms with Gasteiger partial charge in [-0.05, 0) is 73.3 Å². The number of nitrogens with zero attached hydrogens (tertiary/aromatic N) is 1. The molecule has 0 heterocycles. The number of rotatable bonds is 16. The number of nitriles is 1. The van der Waals surface area contributed by atoms with Crippen molar-refractivity contribution in [3.05, 3.63) is 54.1 Å². The van der Waals surface area contributed by atoms with Crippen molar-refractivity contribution < 1.29 is 4.74 Å². The Morgan fingerprint density at radius 1 is 0.722 bits per heavy atom. The van der Waals surface area contributed by atoms with Gasteiger partial charge in [0.15, 0.2) is 0 Å². The Balaban J connectivity index is 1.44. The predicted molar refractivity (Wildman–Crippen MR) is 153 cm³/mol. The maximum Gasteiger partial charge on any atom is 0.119 e. The highest BCUT2D eigenvalue weighted by Gasteiger charge is 2.35. The summed E-state index contributed by atoms with van der Waals surface area (Å²) in [5.41, 5.74) is 3.87. The van der Waals surface area contributed by atoms with Gasteiger partial charge in [0.1, 0.15) is 5.75 Å². The van der Waals surface area contributed by atoms with Crippen LogP contribution in [0.15, 0.2) is 48.5 Å². The number of ether oxygens (including phenoxy) is 1. The Morgan fingerprint density at radius 3 is 1.83 bits per heavy atom. The standard InChI is InChI=1S/C34H49NO/c1-3-5-7-9-10-12-24-34(28-35)25-22-32(23-26-34)30-16-14-29(15-17-30)31-18-20-33(21-19-31)36-27-13-11-8-6-4-2/h14-21,32H,3-13,22-27H2,1-2H3. The minimum atomic E-state index is -0.0689. The van der Waals surface area contributed by atoms with Crippen molar-refractivity contribution in [2.45, 2.75) is 122 Å². The zero-order chi connectivity index (χ0) is 25.5. The molecule has 196 valence electrons. The Morgan fingerprint density at radius 2 is 1.25 bits per heavy atom. The van der Waals surface area contributed by atoms with Crippen LogP contribution < -0.4 is 4.74 Å². The summed E-state index contributed by atoms with van der Waals surface area (Å²) in [6.45, 7) is 5.32. The van der Waals surface area contributed by atoms with E-state index >= 15 is 0 Å². The van der Waals surface area contributed by atoms with Gasteiger partial charge in [0, 0.05) is 0 Å². The number of hydrogen-bond donors (Lipinski definition) is 0. The molecule has 0 N–H and O–H groups in total. The first-order valence-corrected chi connectivity index (χ1v) is 14.9. The van der Waals surface area contributed by atoms with Crippen LogP contribution in [0, 0.1) is 16.7 Å². The Labute approximate surface area is 221 Å². The molecule has 3 rings (SSSR count).